The monoisotopic (exact) mass is 415 g/mol. The Hall–Kier alpha value is -2.97. The molecule has 0 unspecified atom stereocenters. The second kappa shape index (κ2) is 8.18. The van der Waals surface area contributed by atoms with Gasteiger partial charge in [0.05, 0.1) is 17.0 Å². The van der Waals surface area contributed by atoms with E-state index in [1.165, 1.54) is 11.6 Å². The fourth-order valence-electron chi connectivity index (χ4n) is 3.24. The molecule has 0 radical (unpaired) electrons. The van der Waals surface area contributed by atoms with E-state index in [1.807, 2.05) is 37.2 Å². The number of nitrogens with one attached hydrogen (secondary N) is 2. The number of likely N-dealkylation sites (N-methyl/N-ethyl adjacent to an activating group) is 1. The number of halogens is 1. The molecule has 0 aliphatic rings. The summed E-state index contributed by atoms with van der Waals surface area (Å²) in [7, 11) is 5.31. The maximum absolute atomic E-state index is 13.0. The molecule has 0 bridgehead atoms. The van der Waals surface area contributed by atoms with Crippen LogP contribution in [0.15, 0.2) is 39.9 Å². The summed E-state index contributed by atoms with van der Waals surface area (Å²) in [5.41, 5.74) is 0.609. The first kappa shape index (κ1) is 20.8. The number of carbonyl (C=O) groups excluding carboxylic acids is 1. The molecule has 1 atom stereocenters. The Morgan fingerprint density at radius 2 is 2.03 bits per heavy atom. The lowest BCUT2D eigenvalue weighted by Crippen LogP contribution is -2.36. The van der Waals surface area contributed by atoms with Crippen LogP contribution in [0.2, 0.25) is 5.02 Å². The van der Waals surface area contributed by atoms with Crippen molar-refractivity contribution < 1.29 is 4.79 Å². The summed E-state index contributed by atoms with van der Waals surface area (Å²) in [6, 6.07) is 8.87. The molecular weight excluding hydrogens is 394 g/mol. The lowest BCUT2D eigenvalue weighted by Gasteiger charge is -2.25. The fourth-order valence-corrected chi connectivity index (χ4v) is 3.44. The number of amides is 1. The SMILES string of the molecule is Cc1cc(C(=O)NC[C@@H](c2cccc(Cl)c2)N(C)C)c2c(=O)[nH]c(=O)n(C)c2n1. The molecule has 29 heavy (non-hydrogen) atoms. The number of rotatable bonds is 5. The molecule has 0 aliphatic carbocycles. The normalized spacial score (nSPS) is 12.3. The lowest BCUT2D eigenvalue weighted by atomic mass is 10.1. The van der Waals surface area contributed by atoms with E-state index in [2.05, 4.69) is 15.3 Å². The van der Waals surface area contributed by atoms with Crippen molar-refractivity contribution in [1.29, 1.82) is 0 Å². The highest BCUT2D eigenvalue weighted by Gasteiger charge is 2.20. The largest absolute Gasteiger partial charge is 0.350 e. The summed E-state index contributed by atoms with van der Waals surface area (Å²) in [4.78, 5) is 45.7. The first-order valence-electron chi connectivity index (χ1n) is 8.99. The number of nitrogens with zero attached hydrogens (tertiary/aromatic N) is 3. The third kappa shape index (κ3) is 4.23. The molecule has 0 aliphatic heterocycles. The van der Waals surface area contributed by atoms with Crippen molar-refractivity contribution >= 4 is 28.5 Å². The maximum atomic E-state index is 13.0. The van der Waals surface area contributed by atoms with Gasteiger partial charge in [-0.15, -0.1) is 0 Å². The van der Waals surface area contributed by atoms with Gasteiger partial charge in [-0.1, -0.05) is 23.7 Å². The minimum atomic E-state index is -0.639. The molecule has 0 spiro atoms. The standard InChI is InChI=1S/C20H22ClN5O3/c1-11-8-14(16-17(23-11)26(4)20(29)24-19(16)28)18(27)22-10-15(25(2)3)12-6-5-7-13(21)9-12/h5-9,15H,10H2,1-4H3,(H,22,27)(H,24,28,29)/t15-/m0/s1. The highest BCUT2D eigenvalue weighted by atomic mass is 35.5. The van der Waals surface area contributed by atoms with Crippen LogP contribution in [0.5, 0.6) is 0 Å². The van der Waals surface area contributed by atoms with Crippen molar-refractivity contribution in [1.82, 2.24) is 24.8 Å². The number of aromatic amines is 1. The van der Waals surface area contributed by atoms with Crippen LogP contribution in [-0.2, 0) is 7.05 Å². The van der Waals surface area contributed by atoms with Crippen LogP contribution < -0.4 is 16.6 Å². The number of benzene rings is 1. The minimum absolute atomic E-state index is 0.0827. The van der Waals surface area contributed by atoms with E-state index in [0.717, 1.165) is 5.56 Å². The van der Waals surface area contributed by atoms with Crippen LogP contribution in [0.25, 0.3) is 11.0 Å². The van der Waals surface area contributed by atoms with E-state index >= 15 is 0 Å². The third-order valence-corrected chi connectivity index (χ3v) is 4.99. The molecule has 2 N–H and O–H groups in total. The first-order valence-corrected chi connectivity index (χ1v) is 9.37. The zero-order chi connectivity index (χ0) is 21.3. The van der Waals surface area contributed by atoms with Gasteiger partial charge in [0.1, 0.15) is 5.65 Å². The fraction of sp³-hybridized carbons (Fsp3) is 0.300. The zero-order valence-corrected chi connectivity index (χ0v) is 17.4. The molecule has 1 amide bonds. The Bertz CT molecular complexity index is 1200. The van der Waals surface area contributed by atoms with E-state index in [9.17, 15) is 14.4 Å². The first-order chi connectivity index (χ1) is 13.7. The van der Waals surface area contributed by atoms with E-state index in [0.29, 0.717) is 17.3 Å². The smallest absolute Gasteiger partial charge is 0.329 e. The van der Waals surface area contributed by atoms with Gasteiger partial charge in [-0.3, -0.25) is 19.1 Å². The van der Waals surface area contributed by atoms with Crippen molar-refractivity contribution in [3.63, 3.8) is 0 Å². The van der Waals surface area contributed by atoms with Crippen LogP contribution in [0.3, 0.4) is 0 Å². The topological polar surface area (TPSA) is 100 Å². The number of carbonyl (C=O) groups is 1. The van der Waals surface area contributed by atoms with Gasteiger partial charge in [0.25, 0.3) is 11.5 Å². The summed E-state index contributed by atoms with van der Waals surface area (Å²) in [6.07, 6.45) is 0. The maximum Gasteiger partial charge on any atom is 0.329 e. The number of H-pyrrole nitrogens is 1. The average Bonchev–Trinajstić information content (AvgIpc) is 2.65. The second-order valence-corrected chi connectivity index (χ2v) is 7.51. The Kier molecular flexibility index (Phi) is 5.86. The van der Waals surface area contributed by atoms with E-state index in [1.54, 1.807) is 19.1 Å². The van der Waals surface area contributed by atoms with Gasteiger partial charge in [0.15, 0.2) is 0 Å². The van der Waals surface area contributed by atoms with Gasteiger partial charge in [0, 0.05) is 24.3 Å². The molecule has 3 aromatic rings. The Morgan fingerprint density at radius 1 is 1.31 bits per heavy atom. The van der Waals surface area contributed by atoms with E-state index < -0.39 is 17.2 Å². The summed E-state index contributed by atoms with van der Waals surface area (Å²) < 4.78 is 1.22. The summed E-state index contributed by atoms with van der Waals surface area (Å²) in [6.45, 7) is 2.01. The van der Waals surface area contributed by atoms with Crippen molar-refractivity contribution in [2.24, 2.45) is 7.05 Å². The van der Waals surface area contributed by atoms with Crippen molar-refractivity contribution in [2.75, 3.05) is 20.6 Å². The van der Waals surface area contributed by atoms with Crippen molar-refractivity contribution in [3.8, 4) is 0 Å². The molecule has 8 nitrogen and oxygen atoms in total. The number of fused-ring (bicyclic) bond motifs is 1. The Morgan fingerprint density at radius 3 is 2.69 bits per heavy atom. The molecule has 2 heterocycles. The molecule has 9 heteroatoms. The molecule has 0 saturated heterocycles. The van der Waals surface area contributed by atoms with Crippen LogP contribution in [0, 0.1) is 6.92 Å². The Balaban J connectivity index is 1.97. The highest BCUT2D eigenvalue weighted by molar-refractivity contribution is 6.30. The van der Waals surface area contributed by atoms with Crippen LogP contribution in [0.4, 0.5) is 0 Å². The van der Waals surface area contributed by atoms with Crippen LogP contribution >= 0.6 is 11.6 Å². The highest BCUT2D eigenvalue weighted by Crippen LogP contribution is 2.21. The van der Waals surface area contributed by atoms with Crippen LogP contribution in [-0.4, -0.2) is 46.0 Å². The predicted octanol–water partition coefficient (Wildman–Crippen LogP) is 1.62. The summed E-state index contributed by atoms with van der Waals surface area (Å²) >= 11 is 6.10. The minimum Gasteiger partial charge on any atom is -0.350 e. The third-order valence-electron chi connectivity index (χ3n) is 4.76. The summed E-state index contributed by atoms with van der Waals surface area (Å²) in [5, 5.41) is 3.58. The van der Waals surface area contributed by atoms with E-state index in [4.69, 9.17) is 11.6 Å². The van der Waals surface area contributed by atoms with Crippen molar-refractivity contribution in [2.45, 2.75) is 13.0 Å². The van der Waals surface area contributed by atoms with Gasteiger partial charge in [0.2, 0.25) is 0 Å². The van der Waals surface area contributed by atoms with E-state index in [-0.39, 0.29) is 22.6 Å². The van der Waals surface area contributed by atoms with Crippen molar-refractivity contribution in [3.05, 3.63) is 73.0 Å². The number of aromatic nitrogens is 3. The van der Waals surface area contributed by atoms with Gasteiger partial charge < -0.3 is 10.2 Å². The number of hydrogen-bond donors (Lipinski definition) is 2. The molecule has 152 valence electrons. The second-order valence-electron chi connectivity index (χ2n) is 7.07. The zero-order valence-electron chi connectivity index (χ0n) is 16.6. The van der Waals surface area contributed by atoms with Crippen LogP contribution in [0.1, 0.15) is 27.7 Å². The predicted molar refractivity (Wildman–Crippen MR) is 113 cm³/mol. The molecule has 3 rings (SSSR count). The van der Waals surface area contributed by atoms with Gasteiger partial charge >= 0.3 is 5.69 Å². The number of aryl methyl sites for hydroxylation is 2. The molecule has 0 fully saturated rings. The lowest BCUT2D eigenvalue weighted by molar-refractivity contribution is 0.0943. The Labute approximate surface area is 172 Å². The molecular formula is C20H22ClN5O3. The van der Waals surface area contributed by atoms with Gasteiger partial charge in [-0.25, -0.2) is 9.78 Å². The summed E-state index contributed by atoms with van der Waals surface area (Å²) in [5.74, 6) is -0.418. The molecule has 2 aromatic heterocycles. The number of pyridine rings is 1. The van der Waals surface area contributed by atoms with Gasteiger partial charge in [-0.2, -0.15) is 0 Å². The average molecular weight is 416 g/mol. The molecule has 1 aromatic carbocycles. The number of hydrogen-bond acceptors (Lipinski definition) is 5. The molecule has 0 saturated carbocycles. The quantitative estimate of drug-likeness (QED) is 0.659. The van der Waals surface area contributed by atoms with Gasteiger partial charge in [-0.05, 0) is 44.8 Å².